The van der Waals surface area contributed by atoms with E-state index in [-0.39, 0.29) is 12.0 Å². The summed E-state index contributed by atoms with van der Waals surface area (Å²) in [7, 11) is 0. The zero-order chi connectivity index (χ0) is 11.5. The molecule has 3 heteroatoms. The predicted molar refractivity (Wildman–Crippen MR) is 65.0 cm³/mol. The Morgan fingerprint density at radius 1 is 1.31 bits per heavy atom. The molecule has 1 amide bonds. The van der Waals surface area contributed by atoms with Crippen LogP contribution in [0.1, 0.15) is 51.9 Å². The quantitative estimate of drug-likeness (QED) is 0.775. The molecule has 0 aliphatic heterocycles. The van der Waals surface area contributed by atoms with E-state index >= 15 is 0 Å². The normalized spacial score (nSPS) is 29.4. The average molecular weight is 224 g/mol. The third kappa shape index (κ3) is 2.57. The molecule has 0 bridgehead atoms. The molecule has 2 saturated carbocycles. The van der Waals surface area contributed by atoms with E-state index in [1.54, 1.807) is 0 Å². The van der Waals surface area contributed by atoms with Crippen molar-refractivity contribution in [3.8, 4) is 0 Å². The van der Waals surface area contributed by atoms with Gasteiger partial charge < -0.3 is 10.6 Å². The first-order valence-electron chi connectivity index (χ1n) is 6.80. The van der Waals surface area contributed by atoms with Crippen LogP contribution >= 0.6 is 0 Å². The first-order chi connectivity index (χ1) is 7.74. The fourth-order valence-electron chi connectivity index (χ4n) is 2.70. The molecule has 92 valence electrons. The Bertz CT molecular complexity index is 250. The van der Waals surface area contributed by atoms with Crippen LogP contribution in [0.25, 0.3) is 0 Å². The van der Waals surface area contributed by atoms with Gasteiger partial charge in [-0.2, -0.15) is 0 Å². The van der Waals surface area contributed by atoms with Crippen molar-refractivity contribution in [3.05, 3.63) is 0 Å². The third-order valence-corrected chi connectivity index (χ3v) is 3.91. The highest BCUT2D eigenvalue weighted by Gasteiger charge is 2.38. The van der Waals surface area contributed by atoms with E-state index in [1.165, 1.54) is 12.8 Å². The number of nitrogens with two attached hydrogens (primary N) is 1. The maximum absolute atomic E-state index is 12.4. The lowest BCUT2D eigenvalue weighted by molar-refractivity contribution is -0.136. The van der Waals surface area contributed by atoms with E-state index in [0.29, 0.717) is 11.9 Å². The SMILES string of the molecule is CCCCN(C(=O)C1CCCC1N)C1CC1. The minimum Gasteiger partial charge on any atom is -0.339 e. The minimum absolute atomic E-state index is 0.121. The van der Waals surface area contributed by atoms with Gasteiger partial charge in [0.15, 0.2) is 0 Å². The molecule has 0 saturated heterocycles. The van der Waals surface area contributed by atoms with Gasteiger partial charge in [-0.15, -0.1) is 0 Å². The van der Waals surface area contributed by atoms with E-state index < -0.39 is 0 Å². The highest BCUT2D eigenvalue weighted by atomic mass is 16.2. The first-order valence-corrected chi connectivity index (χ1v) is 6.80. The summed E-state index contributed by atoms with van der Waals surface area (Å²) in [5.74, 6) is 0.471. The standard InChI is InChI=1S/C13H24N2O/c1-2-3-9-15(10-7-8-10)13(16)11-5-4-6-12(11)14/h10-12H,2-9,14H2,1H3. The molecular formula is C13H24N2O. The number of nitrogens with zero attached hydrogens (tertiary/aromatic N) is 1. The van der Waals surface area contributed by atoms with Gasteiger partial charge in [-0.3, -0.25) is 4.79 Å². The second kappa shape index (κ2) is 5.17. The number of hydrogen-bond donors (Lipinski definition) is 1. The topological polar surface area (TPSA) is 46.3 Å². The molecule has 0 aromatic carbocycles. The smallest absolute Gasteiger partial charge is 0.227 e. The van der Waals surface area contributed by atoms with Gasteiger partial charge in [-0.05, 0) is 32.1 Å². The van der Waals surface area contributed by atoms with Crippen LogP contribution in [-0.2, 0) is 4.79 Å². The lowest BCUT2D eigenvalue weighted by Gasteiger charge is -2.27. The molecule has 2 rings (SSSR count). The monoisotopic (exact) mass is 224 g/mol. The molecule has 2 unspecified atom stereocenters. The molecule has 0 spiro atoms. The van der Waals surface area contributed by atoms with Crippen LogP contribution in [0.5, 0.6) is 0 Å². The highest BCUT2D eigenvalue weighted by Crippen LogP contribution is 2.32. The van der Waals surface area contributed by atoms with Crippen LogP contribution in [0.2, 0.25) is 0 Å². The van der Waals surface area contributed by atoms with Gasteiger partial charge in [0.2, 0.25) is 5.91 Å². The Kier molecular flexibility index (Phi) is 3.85. The van der Waals surface area contributed by atoms with Gasteiger partial charge >= 0.3 is 0 Å². The van der Waals surface area contributed by atoms with Crippen molar-refractivity contribution in [1.82, 2.24) is 4.90 Å². The summed E-state index contributed by atoms with van der Waals surface area (Å²) in [4.78, 5) is 14.5. The fraction of sp³-hybridized carbons (Fsp3) is 0.923. The second-order valence-corrected chi connectivity index (χ2v) is 5.32. The molecule has 2 atom stereocenters. The van der Waals surface area contributed by atoms with E-state index in [4.69, 9.17) is 5.73 Å². The zero-order valence-electron chi connectivity index (χ0n) is 10.3. The summed E-state index contributed by atoms with van der Waals surface area (Å²) in [6.45, 7) is 3.13. The summed E-state index contributed by atoms with van der Waals surface area (Å²) in [5.41, 5.74) is 6.02. The average Bonchev–Trinajstić information content (AvgIpc) is 3.01. The molecule has 16 heavy (non-hydrogen) atoms. The van der Waals surface area contributed by atoms with Crippen LogP contribution in [0.3, 0.4) is 0 Å². The Labute approximate surface area is 98.4 Å². The van der Waals surface area contributed by atoms with Crippen molar-refractivity contribution in [2.75, 3.05) is 6.54 Å². The molecule has 0 radical (unpaired) electrons. The Balaban J connectivity index is 1.93. The molecule has 3 nitrogen and oxygen atoms in total. The molecule has 0 aromatic rings. The number of carbonyl (C=O) groups excluding carboxylic acids is 1. The van der Waals surface area contributed by atoms with Gasteiger partial charge in [0.1, 0.15) is 0 Å². The molecule has 2 aliphatic rings. The van der Waals surface area contributed by atoms with E-state index in [2.05, 4.69) is 11.8 Å². The number of rotatable bonds is 5. The van der Waals surface area contributed by atoms with Gasteiger partial charge in [0.25, 0.3) is 0 Å². The van der Waals surface area contributed by atoms with Crippen molar-refractivity contribution in [3.63, 3.8) is 0 Å². The van der Waals surface area contributed by atoms with Crippen molar-refractivity contribution < 1.29 is 4.79 Å². The van der Waals surface area contributed by atoms with Gasteiger partial charge in [-0.25, -0.2) is 0 Å². The van der Waals surface area contributed by atoms with Crippen LogP contribution < -0.4 is 5.73 Å². The number of amides is 1. The minimum atomic E-state index is 0.121. The summed E-state index contributed by atoms with van der Waals surface area (Å²) in [6, 6.07) is 0.669. The lowest BCUT2D eigenvalue weighted by Crippen LogP contribution is -2.43. The van der Waals surface area contributed by atoms with Crippen LogP contribution in [-0.4, -0.2) is 29.4 Å². The Morgan fingerprint density at radius 2 is 2.06 bits per heavy atom. The molecule has 2 aliphatic carbocycles. The number of carbonyl (C=O) groups is 1. The molecular weight excluding hydrogens is 200 g/mol. The zero-order valence-corrected chi connectivity index (χ0v) is 10.3. The summed E-state index contributed by atoms with van der Waals surface area (Å²) in [6.07, 6.45) is 7.87. The maximum Gasteiger partial charge on any atom is 0.227 e. The van der Waals surface area contributed by atoms with Gasteiger partial charge in [0, 0.05) is 18.6 Å². The Morgan fingerprint density at radius 3 is 2.56 bits per heavy atom. The van der Waals surface area contributed by atoms with Crippen molar-refractivity contribution in [1.29, 1.82) is 0 Å². The Hall–Kier alpha value is -0.570. The van der Waals surface area contributed by atoms with Crippen LogP contribution in [0, 0.1) is 5.92 Å². The van der Waals surface area contributed by atoms with Crippen molar-refractivity contribution in [2.24, 2.45) is 11.7 Å². The van der Waals surface area contributed by atoms with Gasteiger partial charge in [0.05, 0.1) is 5.92 Å². The number of hydrogen-bond acceptors (Lipinski definition) is 2. The molecule has 0 aromatic heterocycles. The van der Waals surface area contributed by atoms with E-state index in [9.17, 15) is 4.79 Å². The van der Waals surface area contributed by atoms with Crippen LogP contribution in [0.4, 0.5) is 0 Å². The molecule has 2 fully saturated rings. The fourth-order valence-corrected chi connectivity index (χ4v) is 2.70. The first kappa shape index (κ1) is 11.9. The van der Waals surface area contributed by atoms with E-state index in [1.807, 2.05) is 0 Å². The highest BCUT2D eigenvalue weighted by molar-refractivity contribution is 5.80. The summed E-state index contributed by atoms with van der Waals surface area (Å²) < 4.78 is 0. The van der Waals surface area contributed by atoms with Crippen molar-refractivity contribution >= 4 is 5.91 Å². The third-order valence-electron chi connectivity index (χ3n) is 3.91. The van der Waals surface area contributed by atoms with Crippen LogP contribution in [0.15, 0.2) is 0 Å². The predicted octanol–water partition coefficient (Wildman–Crippen LogP) is 1.90. The molecule has 2 N–H and O–H groups in total. The second-order valence-electron chi connectivity index (χ2n) is 5.32. The van der Waals surface area contributed by atoms with E-state index in [0.717, 1.165) is 38.6 Å². The van der Waals surface area contributed by atoms with Crippen molar-refractivity contribution in [2.45, 2.75) is 64.0 Å². The largest absolute Gasteiger partial charge is 0.339 e. The maximum atomic E-state index is 12.4. The molecule has 0 heterocycles. The summed E-state index contributed by atoms with van der Waals surface area (Å²) >= 11 is 0. The lowest BCUT2D eigenvalue weighted by atomic mass is 10.0. The van der Waals surface area contributed by atoms with Gasteiger partial charge in [-0.1, -0.05) is 19.8 Å². The number of unbranched alkanes of at least 4 members (excludes halogenated alkanes) is 1. The summed E-state index contributed by atoms with van der Waals surface area (Å²) in [5, 5.41) is 0.